The smallest absolute Gasteiger partial charge is 0.387 e. The number of rotatable bonds is 19. The van der Waals surface area contributed by atoms with Crippen molar-refractivity contribution < 1.29 is 50.4 Å². The molecular weight excluding hydrogens is 759 g/mol. The Balaban J connectivity index is 1.31. The van der Waals surface area contributed by atoms with Crippen LogP contribution in [0.15, 0.2) is 48.8 Å². The number of esters is 1. The SMILES string of the molecule is O=C(O[C@@H](Cc1c(Cl)c[n+]([O-])cc1Cl)c1ccc(OC(F)F)c(OCC2CC2)c1)c1cc(NS(=O)(=O)CCC2CC2)ccc1OCCN1CCOCC1. The molecule has 288 valence electrons. The van der Waals surface area contributed by atoms with E-state index in [4.69, 9.17) is 46.9 Å². The van der Waals surface area contributed by atoms with Gasteiger partial charge in [0, 0.05) is 37.3 Å². The van der Waals surface area contributed by atoms with Crippen LogP contribution in [0.25, 0.3) is 0 Å². The number of aromatic nitrogens is 1. The maximum Gasteiger partial charge on any atom is 0.387 e. The van der Waals surface area contributed by atoms with E-state index in [0.717, 1.165) is 51.2 Å². The molecule has 2 aliphatic carbocycles. The van der Waals surface area contributed by atoms with E-state index in [-0.39, 0.29) is 75.4 Å². The van der Waals surface area contributed by atoms with Gasteiger partial charge < -0.3 is 28.9 Å². The van der Waals surface area contributed by atoms with Crippen LogP contribution in [0, 0.1) is 17.0 Å². The summed E-state index contributed by atoms with van der Waals surface area (Å²) < 4.78 is 83.7. The van der Waals surface area contributed by atoms with Crippen LogP contribution in [-0.2, 0) is 25.9 Å². The molecule has 3 fully saturated rings. The van der Waals surface area contributed by atoms with Crippen molar-refractivity contribution in [2.45, 2.75) is 51.2 Å². The third-order valence-corrected chi connectivity index (χ3v) is 11.1. The normalized spacial score (nSPS) is 17.0. The quantitative estimate of drug-likeness (QED) is 0.0823. The highest BCUT2D eigenvalue weighted by molar-refractivity contribution is 7.92. The second kappa shape index (κ2) is 17.7. The van der Waals surface area contributed by atoms with Crippen molar-refractivity contribution >= 4 is 44.9 Å². The van der Waals surface area contributed by atoms with Crippen LogP contribution in [-0.4, -0.2) is 77.7 Å². The summed E-state index contributed by atoms with van der Waals surface area (Å²) in [5.74, 6) is -0.283. The second-order valence-electron chi connectivity index (χ2n) is 13.4. The lowest BCUT2D eigenvalue weighted by Gasteiger charge is -2.26. The van der Waals surface area contributed by atoms with Crippen molar-refractivity contribution in [3.8, 4) is 17.2 Å². The second-order valence-corrected chi connectivity index (χ2v) is 16.1. The molecule has 1 N–H and O–H groups in total. The summed E-state index contributed by atoms with van der Waals surface area (Å²) in [5, 5.41) is 12.0. The number of halogens is 4. The molecule has 0 radical (unpaired) electrons. The number of morpholine rings is 1. The molecule has 3 aliphatic rings. The summed E-state index contributed by atoms with van der Waals surface area (Å²) >= 11 is 12.9. The predicted octanol–water partition coefficient (Wildman–Crippen LogP) is 6.41. The standard InChI is InChI=1S/C36H41Cl2F2N3O9S/c37-29-20-43(45)21-30(38)27(29)19-33(25-5-7-32(52-36(39)40)34(17-25)50-22-24-3-4-24)51-35(44)28-18-26(41-53(46,47)16-9-23-1-2-23)6-8-31(28)49-15-12-42-10-13-48-14-11-42/h5-8,17-18,20-21,23-24,33,36,41H,1-4,9-16,19,22H2/t33-/m0/s1. The van der Waals surface area contributed by atoms with Crippen LogP contribution in [0.5, 0.6) is 17.2 Å². The molecule has 1 aliphatic heterocycles. The van der Waals surface area contributed by atoms with Gasteiger partial charge in [-0.3, -0.25) is 9.62 Å². The predicted molar refractivity (Wildman–Crippen MR) is 193 cm³/mol. The Morgan fingerprint density at radius 1 is 0.981 bits per heavy atom. The molecule has 1 aromatic heterocycles. The van der Waals surface area contributed by atoms with E-state index < -0.39 is 28.7 Å². The van der Waals surface area contributed by atoms with Gasteiger partial charge in [-0.05, 0) is 67.0 Å². The summed E-state index contributed by atoms with van der Waals surface area (Å²) in [5.41, 5.74) is 0.683. The molecule has 0 amide bonds. The van der Waals surface area contributed by atoms with E-state index in [2.05, 4.69) is 9.62 Å². The molecule has 0 unspecified atom stereocenters. The number of pyridine rings is 1. The molecule has 17 heteroatoms. The molecule has 1 saturated heterocycles. The third kappa shape index (κ3) is 11.7. The summed E-state index contributed by atoms with van der Waals surface area (Å²) in [6.07, 6.45) is 5.36. The molecular formula is C36H41Cl2F2N3O9S. The van der Waals surface area contributed by atoms with Crippen LogP contribution in [0.3, 0.4) is 0 Å². The fourth-order valence-electron chi connectivity index (χ4n) is 5.80. The van der Waals surface area contributed by atoms with Gasteiger partial charge in [-0.2, -0.15) is 13.5 Å². The van der Waals surface area contributed by atoms with Gasteiger partial charge in [0.25, 0.3) is 0 Å². The van der Waals surface area contributed by atoms with E-state index in [0.29, 0.717) is 42.4 Å². The van der Waals surface area contributed by atoms with E-state index in [1.807, 2.05) is 0 Å². The van der Waals surface area contributed by atoms with Gasteiger partial charge >= 0.3 is 12.6 Å². The minimum atomic E-state index is -3.72. The number of sulfonamides is 1. The Morgan fingerprint density at radius 2 is 1.68 bits per heavy atom. The number of hydrogen-bond acceptors (Lipinski definition) is 10. The molecule has 3 aromatic rings. The number of carbonyl (C=O) groups excluding carboxylic acids is 1. The maximum atomic E-state index is 14.2. The highest BCUT2D eigenvalue weighted by Gasteiger charge is 2.29. The minimum absolute atomic E-state index is 0.00569. The number of nitrogens with zero attached hydrogens (tertiary/aromatic N) is 2. The molecule has 0 spiro atoms. The fraction of sp³-hybridized carbons (Fsp3) is 0.500. The van der Waals surface area contributed by atoms with Crippen LogP contribution in [0.4, 0.5) is 14.5 Å². The molecule has 2 aromatic carbocycles. The van der Waals surface area contributed by atoms with E-state index in [1.165, 1.54) is 36.4 Å². The van der Waals surface area contributed by atoms with Crippen molar-refractivity contribution in [3.05, 3.63) is 80.7 Å². The van der Waals surface area contributed by atoms with Gasteiger partial charge in [0.2, 0.25) is 10.0 Å². The largest absolute Gasteiger partial charge is 0.619 e. The van der Waals surface area contributed by atoms with Crippen molar-refractivity contribution in [2.24, 2.45) is 11.8 Å². The third-order valence-electron chi connectivity index (χ3n) is 9.16. The van der Waals surface area contributed by atoms with Crippen molar-refractivity contribution in [2.75, 3.05) is 56.5 Å². The van der Waals surface area contributed by atoms with Crippen molar-refractivity contribution in [3.63, 3.8) is 0 Å². The Labute approximate surface area is 316 Å². The van der Waals surface area contributed by atoms with Gasteiger partial charge in [-0.25, -0.2) is 13.2 Å². The average Bonchev–Trinajstić information content (AvgIpc) is 4.05. The number of carbonyl (C=O) groups is 1. The number of ether oxygens (including phenoxy) is 5. The lowest BCUT2D eigenvalue weighted by atomic mass is 10.0. The molecule has 12 nitrogen and oxygen atoms in total. The first kappa shape index (κ1) is 39.1. The van der Waals surface area contributed by atoms with E-state index in [9.17, 15) is 27.2 Å². The van der Waals surface area contributed by atoms with Crippen molar-refractivity contribution in [1.82, 2.24) is 4.90 Å². The zero-order chi connectivity index (χ0) is 37.5. The van der Waals surface area contributed by atoms with Gasteiger partial charge in [0.15, 0.2) is 23.9 Å². The molecule has 6 rings (SSSR count). The minimum Gasteiger partial charge on any atom is -0.619 e. The number of benzene rings is 2. The van der Waals surface area contributed by atoms with Crippen LogP contribution in [0.2, 0.25) is 10.0 Å². The zero-order valence-electron chi connectivity index (χ0n) is 28.8. The Morgan fingerprint density at radius 3 is 2.36 bits per heavy atom. The highest BCUT2D eigenvalue weighted by atomic mass is 35.5. The van der Waals surface area contributed by atoms with Gasteiger partial charge in [0.05, 0.1) is 25.6 Å². The Kier molecular flexibility index (Phi) is 13.0. The number of anilines is 1. The molecule has 1 atom stereocenters. The summed E-state index contributed by atoms with van der Waals surface area (Å²) in [6, 6.07) is 8.55. The topological polar surface area (TPSA) is 140 Å². The van der Waals surface area contributed by atoms with E-state index in [1.54, 1.807) is 0 Å². The fourth-order valence-corrected chi connectivity index (χ4v) is 7.63. The number of alkyl halides is 2. The van der Waals surface area contributed by atoms with Crippen LogP contribution < -0.4 is 23.7 Å². The number of hydrogen-bond donors (Lipinski definition) is 1. The number of nitrogens with one attached hydrogen (secondary N) is 1. The van der Waals surface area contributed by atoms with Gasteiger partial charge in [0.1, 0.15) is 34.1 Å². The lowest BCUT2D eigenvalue weighted by Crippen LogP contribution is -2.38. The molecule has 2 saturated carbocycles. The Bertz CT molecular complexity index is 1840. The summed E-state index contributed by atoms with van der Waals surface area (Å²) in [6.45, 7) is 0.590. The van der Waals surface area contributed by atoms with Gasteiger partial charge in [-0.1, -0.05) is 42.1 Å². The zero-order valence-corrected chi connectivity index (χ0v) is 31.1. The average molecular weight is 801 g/mol. The molecule has 2 heterocycles. The lowest BCUT2D eigenvalue weighted by molar-refractivity contribution is -0.605. The molecule has 53 heavy (non-hydrogen) atoms. The summed E-state index contributed by atoms with van der Waals surface area (Å²) in [7, 11) is -3.72. The highest BCUT2D eigenvalue weighted by Crippen LogP contribution is 2.39. The van der Waals surface area contributed by atoms with Crippen LogP contribution in [0.1, 0.15) is 59.7 Å². The first-order valence-electron chi connectivity index (χ1n) is 17.5. The van der Waals surface area contributed by atoms with Crippen molar-refractivity contribution in [1.29, 1.82) is 0 Å². The van der Waals surface area contributed by atoms with Gasteiger partial charge in [-0.15, -0.1) is 0 Å². The Hall–Kier alpha value is -3.63. The first-order chi connectivity index (χ1) is 25.4. The van der Waals surface area contributed by atoms with Crippen LogP contribution >= 0.6 is 23.2 Å². The first-order valence-corrected chi connectivity index (χ1v) is 19.9. The molecule has 0 bridgehead atoms. The maximum absolute atomic E-state index is 14.2. The summed E-state index contributed by atoms with van der Waals surface area (Å²) in [4.78, 5) is 16.4. The van der Waals surface area contributed by atoms with E-state index >= 15 is 0 Å². The monoisotopic (exact) mass is 799 g/mol.